The Morgan fingerprint density at radius 3 is 2.85 bits per heavy atom. The number of nitrogens with zero attached hydrogens (tertiary/aromatic N) is 1. The summed E-state index contributed by atoms with van der Waals surface area (Å²) in [4.78, 5) is 13.8. The lowest BCUT2D eigenvalue weighted by molar-refractivity contribution is 0.0601. The Bertz CT molecular complexity index is 614. The summed E-state index contributed by atoms with van der Waals surface area (Å²) < 4.78 is 4.79. The first-order chi connectivity index (χ1) is 9.52. The Hall–Kier alpha value is -1.72. The van der Waals surface area contributed by atoms with Crippen LogP contribution >= 0.6 is 22.9 Å². The molecule has 0 fully saturated rings. The summed E-state index contributed by atoms with van der Waals surface area (Å²) in [6.07, 6.45) is 0. The molecule has 0 saturated carbocycles. The maximum atomic E-state index is 11.9. The van der Waals surface area contributed by atoms with E-state index in [9.17, 15) is 4.79 Å². The van der Waals surface area contributed by atoms with Crippen molar-refractivity contribution in [2.75, 3.05) is 24.8 Å². The zero-order valence-electron chi connectivity index (χ0n) is 11.2. The van der Waals surface area contributed by atoms with Gasteiger partial charge in [0.05, 0.1) is 23.4 Å². The van der Waals surface area contributed by atoms with Gasteiger partial charge in [-0.3, -0.25) is 0 Å². The summed E-state index contributed by atoms with van der Waals surface area (Å²) in [5.41, 5.74) is 8.33. The molecule has 4 nitrogen and oxygen atoms in total. The Balaban J connectivity index is 2.41. The van der Waals surface area contributed by atoms with Crippen molar-refractivity contribution in [2.24, 2.45) is 0 Å². The number of methoxy groups -OCH3 is 1. The fourth-order valence-electron chi connectivity index (χ4n) is 2.01. The van der Waals surface area contributed by atoms with Gasteiger partial charge in [-0.2, -0.15) is 11.3 Å². The SMILES string of the molecule is COC(=O)c1cc(N)cc(Cl)c1N(C)Cc1ccsc1. The van der Waals surface area contributed by atoms with Gasteiger partial charge < -0.3 is 15.4 Å². The third-order valence-electron chi connectivity index (χ3n) is 2.87. The normalized spacial score (nSPS) is 10.3. The van der Waals surface area contributed by atoms with E-state index < -0.39 is 5.97 Å². The number of hydrogen-bond donors (Lipinski definition) is 1. The van der Waals surface area contributed by atoms with Gasteiger partial charge >= 0.3 is 5.97 Å². The number of carbonyl (C=O) groups is 1. The van der Waals surface area contributed by atoms with Crippen LogP contribution in [0.1, 0.15) is 15.9 Å². The van der Waals surface area contributed by atoms with Crippen LogP contribution < -0.4 is 10.6 Å². The van der Waals surface area contributed by atoms with Crippen LogP contribution in [0.5, 0.6) is 0 Å². The van der Waals surface area contributed by atoms with E-state index in [1.165, 1.54) is 7.11 Å². The summed E-state index contributed by atoms with van der Waals surface area (Å²) in [7, 11) is 3.21. The molecule has 0 aliphatic rings. The van der Waals surface area contributed by atoms with E-state index in [0.717, 1.165) is 5.56 Å². The van der Waals surface area contributed by atoms with Gasteiger partial charge in [-0.05, 0) is 34.5 Å². The van der Waals surface area contributed by atoms with E-state index in [-0.39, 0.29) is 0 Å². The molecular weight excluding hydrogens is 296 g/mol. The highest BCUT2D eigenvalue weighted by Crippen LogP contribution is 2.33. The molecule has 0 aliphatic heterocycles. The molecule has 6 heteroatoms. The van der Waals surface area contributed by atoms with Crippen LogP contribution in [-0.4, -0.2) is 20.1 Å². The molecule has 106 valence electrons. The first-order valence-corrected chi connectivity index (χ1v) is 7.24. The third kappa shape index (κ3) is 3.05. The number of ether oxygens (including phenoxy) is 1. The van der Waals surface area contributed by atoms with Crippen molar-refractivity contribution >= 4 is 40.3 Å². The van der Waals surface area contributed by atoms with Crippen LogP contribution in [-0.2, 0) is 11.3 Å². The van der Waals surface area contributed by atoms with E-state index in [2.05, 4.69) is 5.38 Å². The standard InChI is InChI=1S/C14H15ClN2O2S/c1-17(7-9-3-4-20-8-9)13-11(14(18)19-2)5-10(16)6-12(13)15/h3-6,8H,7,16H2,1-2H3. The quantitative estimate of drug-likeness (QED) is 0.694. The molecule has 0 atom stereocenters. The lowest BCUT2D eigenvalue weighted by Gasteiger charge is -2.23. The average Bonchev–Trinajstić information content (AvgIpc) is 2.89. The predicted octanol–water partition coefficient (Wildman–Crippen LogP) is 3.41. The maximum Gasteiger partial charge on any atom is 0.340 e. The number of thiophene rings is 1. The molecule has 0 saturated heterocycles. The third-order valence-corrected chi connectivity index (χ3v) is 3.89. The van der Waals surface area contributed by atoms with Crippen LogP contribution in [0, 0.1) is 0 Å². The number of rotatable bonds is 4. The highest BCUT2D eigenvalue weighted by Gasteiger charge is 2.19. The van der Waals surface area contributed by atoms with Crippen molar-refractivity contribution in [2.45, 2.75) is 6.54 Å². The van der Waals surface area contributed by atoms with Crippen LogP contribution in [0.15, 0.2) is 29.0 Å². The second kappa shape index (κ2) is 6.15. The molecule has 0 bridgehead atoms. The monoisotopic (exact) mass is 310 g/mol. The Morgan fingerprint density at radius 1 is 1.50 bits per heavy atom. The maximum absolute atomic E-state index is 11.9. The fourth-order valence-corrected chi connectivity index (χ4v) is 3.04. The molecule has 0 radical (unpaired) electrons. The minimum atomic E-state index is -0.452. The van der Waals surface area contributed by atoms with Crippen LogP contribution in [0.2, 0.25) is 5.02 Å². The van der Waals surface area contributed by atoms with Crippen molar-refractivity contribution in [1.29, 1.82) is 0 Å². The average molecular weight is 311 g/mol. The molecule has 2 rings (SSSR count). The Kier molecular flexibility index (Phi) is 4.52. The van der Waals surface area contributed by atoms with Gasteiger partial charge in [0.2, 0.25) is 0 Å². The van der Waals surface area contributed by atoms with Gasteiger partial charge in [-0.25, -0.2) is 4.79 Å². The number of hydrogen-bond acceptors (Lipinski definition) is 5. The van der Waals surface area contributed by atoms with E-state index in [0.29, 0.717) is 28.5 Å². The number of esters is 1. The minimum Gasteiger partial charge on any atom is -0.465 e. The lowest BCUT2D eigenvalue weighted by Crippen LogP contribution is -2.20. The van der Waals surface area contributed by atoms with Crippen molar-refractivity contribution in [3.05, 3.63) is 45.1 Å². The van der Waals surface area contributed by atoms with Gasteiger partial charge in [-0.15, -0.1) is 0 Å². The Labute approximate surface area is 126 Å². The molecule has 0 aliphatic carbocycles. The molecule has 0 amide bonds. The predicted molar refractivity (Wildman–Crippen MR) is 83.6 cm³/mol. The second-order valence-electron chi connectivity index (χ2n) is 4.38. The van der Waals surface area contributed by atoms with Crippen molar-refractivity contribution < 1.29 is 9.53 Å². The first-order valence-electron chi connectivity index (χ1n) is 5.92. The number of carbonyl (C=O) groups excluding carboxylic acids is 1. The lowest BCUT2D eigenvalue weighted by atomic mass is 10.1. The molecule has 20 heavy (non-hydrogen) atoms. The Morgan fingerprint density at radius 2 is 2.25 bits per heavy atom. The van der Waals surface area contributed by atoms with Crippen molar-refractivity contribution in [3.63, 3.8) is 0 Å². The number of benzene rings is 1. The smallest absolute Gasteiger partial charge is 0.340 e. The van der Waals surface area contributed by atoms with Gasteiger partial charge in [-0.1, -0.05) is 11.6 Å². The van der Waals surface area contributed by atoms with E-state index in [1.807, 2.05) is 23.4 Å². The zero-order valence-corrected chi connectivity index (χ0v) is 12.8. The van der Waals surface area contributed by atoms with Gasteiger partial charge in [0.1, 0.15) is 0 Å². The van der Waals surface area contributed by atoms with Gasteiger partial charge in [0.15, 0.2) is 0 Å². The summed E-state index contributed by atoms with van der Waals surface area (Å²) in [5, 5.41) is 4.50. The van der Waals surface area contributed by atoms with Crippen LogP contribution in [0.25, 0.3) is 0 Å². The summed E-state index contributed by atoms with van der Waals surface area (Å²) in [6, 6.07) is 5.24. The number of nitrogen functional groups attached to an aromatic ring is 1. The van der Waals surface area contributed by atoms with Crippen LogP contribution in [0.4, 0.5) is 11.4 Å². The highest BCUT2D eigenvalue weighted by atomic mass is 35.5. The summed E-state index contributed by atoms with van der Waals surface area (Å²) >= 11 is 7.87. The summed E-state index contributed by atoms with van der Waals surface area (Å²) in [5.74, 6) is -0.452. The summed E-state index contributed by atoms with van der Waals surface area (Å²) in [6.45, 7) is 0.650. The topological polar surface area (TPSA) is 55.6 Å². The van der Waals surface area contributed by atoms with Crippen molar-refractivity contribution in [3.8, 4) is 0 Å². The van der Waals surface area contributed by atoms with Gasteiger partial charge in [0.25, 0.3) is 0 Å². The second-order valence-corrected chi connectivity index (χ2v) is 5.57. The molecule has 1 aromatic carbocycles. The number of halogens is 1. The largest absolute Gasteiger partial charge is 0.465 e. The number of nitrogens with two attached hydrogens (primary N) is 1. The zero-order chi connectivity index (χ0) is 14.7. The molecule has 1 heterocycles. The van der Waals surface area contributed by atoms with E-state index in [4.69, 9.17) is 22.1 Å². The molecule has 2 aromatic rings. The molecular formula is C14H15ClN2O2S. The first kappa shape index (κ1) is 14.7. The van der Waals surface area contributed by atoms with Crippen molar-refractivity contribution in [1.82, 2.24) is 0 Å². The van der Waals surface area contributed by atoms with Crippen LogP contribution in [0.3, 0.4) is 0 Å². The molecule has 2 N–H and O–H groups in total. The fraction of sp³-hybridized carbons (Fsp3) is 0.214. The minimum absolute atomic E-state index is 0.371. The number of anilines is 2. The van der Waals surface area contributed by atoms with E-state index in [1.54, 1.807) is 23.5 Å². The highest BCUT2D eigenvalue weighted by molar-refractivity contribution is 7.07. The van der Waals surface area contributed by atoms with E-state index >= 15 is 0 Å². The molecule has 1 aromatic heterocycles. The molecule has 0 unspecified atom stereocenters. The molecule has 0 spiro atoms. The van der Waals surface area contributed by atoms with Gasteiger partial charge in [0, 0.05) is 19.3 Å².